The van der Waals surface area contributed by atoms with Crippen LogP contribution in [0, 0.1) is 10.1 Å². The van der Waals surface area contributed by atoms with E-state index in [2.05, 4.69) is 5.32 Å². The molecule has 0 fully saturated rings. The Balaban J connectivity index is 2.76. The maximum Gasteiger partial charge on any atom is 0.310 e. The van der Waals surface area contributed by atoms with Gasteiger partial charge in [-0.3, -0.25) is 14.9 Å². The second-order valence-corrected chi connectivity index (χ2v) is 4.30. The summed E-state index contributed by atoms with van der Waals surface area (Å²) in [4.78, 5) is 22.0. The summed E-state index contributed by atoms with van der Waals surface area (Å²) in [6, 6.07) is 3.87. The van der Waals surface area contributed by atoms with Gasteiger partial charge in [0.05, 0.1) is 18.1 Å². The van der Waals surface area contributed by atoms with E-state index < -0.39 is 16.9 Å². The number of carbonyl (C=O) groups is 1. The lowest BCUT2D eigenvalue weighted by Gasteiger charge is -2.11. The first-order valence-electron chi connectivity index (χ1n) is 6.28. The SMILES string of the molecule is CCCC(O)CNC(=O)c1ccc([N+](=O)[O-])c(OC)c1. The summed E-state index contributed by atoms with van der Waals surface area (Å²) in [5, 5.41) is 22.8. The molecule has 20 heavy (non-hydrogen) atoms. The predicted octanol–water partition coefficient (Wildman–Crippen LogP) is 1.49. The van der Waals surface area contributed by atoms with Crippen molar-refractivity contribution < 1.29 is 19.6 Å². The van der Waals surface area contributed by atoms with E-state index in [-0.39, 0.29) is 23.5 Å². The van der Waals surface area contributed by atoms with Gasteiger partial charge in [0, 0.05) is 24.2 Å². The number of hydrogen-bond donors (Lipinski definition) is 2. The summed E-state index contributed by atoms with van der Waals surface area (Å²) in [6.45, 7) is 2.08. The highest BCUT2D eigenvalue weighted by molar-refractivity contribution is 5.95. The highest BCUT2D eigenvalue weighted by atomic mass is 16.6. The number of aliphatic hydroxyl groups excluding tert-OH is 1. The number of nitro groups is 1. The molecule has 1 aromatic rings. The van der Waals surface area contributed by atoms with Gasteiger partial charge in [0.15, 0.2) is 5.75 Å². The Kier molecular flexibility index (Phi) is 5.92. The van der Waals surface area contributed by atoms with E-state index >= 15 is 0 Å². The second kappa shape index (κ2) is 7.44. The van der Waals surface area contributed by atoms with Gasteiger partial charge in [-0.2, -0.15) is 0 Å². The standard InChI is InChI=1S/C13H18N2O5/c1-3-4-10(16)8-14-13(17)9-5-6-11(15(18)19)12(7-9)20-2/h5-7,10,16H,3-4,8H2,1-2H3,(H,14,17). The molecule has 0 aliphatic carbocycles. The third-order valence-corrected chi connectivity index (χ3v) is 2.76. The van der Waals surface area contributed by atoms with Crippen LogP contribution in [0.3, 0.4) is 0 Å². The summed E-state index contributed by atoms with van der Waals surface area (Å²) in [5.74, 6) is -0.384. The van der Waals surface area contributed by atoms with Gasteiger partial charge in [-0.1, -0.05) is 13.3 Å². The van der Waals surface area contributed by atoms with Crippen LogP contribution in [0.1, 0.15) is 30.1 Å². The molecule has 0 heterocycles. The molecule has 110 valence electrons. The maximum atomic E-state index is 11.9. The van der Waals surface area contributed by atoms with E-state index in [4.69, 9.17) is 4.74 Å². The Morgan fingerprint density at radius 1 is 1.55 bits per heavy atom. The van der Waals surface area contributed by atoms with Gasteiger partial charge in [0.2, 0.25) is 0 Å². The highest BCUT2D eigenvalue weighted by Gasteiger charge is 2.17. The molecule has 0 radical (unpaired) electrons. The van der Waals surface area contributed by atoms with E-state index in [1.165, 1.54) is 25.3 Å². The molecule has 7 nitrogen and oxygen atoms in total. The lowest BCUT2D eigenvalue weighted by Crippen LogP contribution is -2.32. The Morgan fingerprint density at radius 3 is 2.80 bits per heavy atom. The minimum absolute atomic E-state index is 0.0248. The zero-order chi connectivity index (χ0) is 15.1. The predicted molar refractivity (Wildman–Crippen MR) is 72.9 cm³/mol. The molecule has 0 aliphatic rings. The molecule has 7 heteroatoms. The van der Waals surface area contributed by atoms with Gasteiger partial charge in [0.25, 0.3) is 5.91 Å². The molecule has 0 saturated carbocycles. The summed E-state index contributed by atoms with van der Waals surface area (Å²) in [6.07, 6.45) is 0.829. The molecule has 0 spiro atoms. The molecule has 1 amide bonds. The van der Waals surface area contributed by atoms with Crippen LogP contribution in [-0.4, -0.2) is 35.7 Å². The molecule has 1 unspecified atom stereocenters. The zero-order valence-corrected chi connectivity index (χ0v) is 11.5. The molecule has 1 rings (SSSR count). The molecular weight excluding hydrogens is 264 g/mol. The number of rotatable bonds is 7. The van der Waals surface area contributed by atoms with Gasteiger partial charge in [-0.25, -0.2) is 0 Å². The van der Waals surface area contributed by atoms with Crippen molar-refractivity contribution in [3.05, 3.63) is 33.9 Å². The van der Waals surface area contributed by atoms with Crippen LogP contribution < -0.4 is 10.1 Å². The lowest BCUT2D eigenvalue weighted by atomic mass is 10.1. The number of nitrogens with zero attached hydrogens (tertiary/aromatic N) is 1. The van der Waals surface area contributed by atoms with Crippen LogP contribution >= 0.6 is 0 Å². The molecule has 1 atom stereocenters. The van der Waals surface area contributed by atoms with Crippen molar-refractivity contribution in [3.8, 4) is 5.75 Å². The number of hydrogen-bond acceptors (Lipinski definition) is 5. The number of nitro benzene ring substituents is 1. The third kappa shape index (κ3) is 4.20. The molecule has 0 bridgehead atoms. The average Bonchev–Trinajstić information content (AvgIpc) is 2.44. The normalized spacial score (nSPS) is 11.8. The second-order valence-electron chi connectivity index (χ2n) is 4.30. The monoisotopic (exact) mass is 282 g/mol. The molecule has 0 aromatic heterocycles. The Bertz CT molecular complexity index is 490. The van der Waals surface area contributed by atoms with Crippen LogP contribution in [0.15, 0.2) is 18.2 Å². The molecule has 0 aliphatic heterocycles. The van der Waals surface area contributed by atoms with E-state index in [0.717, 1.165) is 6.42 Å². The van der Waals surface area contributed by atoms with Crippen molar-refractivity contribution in [2.75, 3.05) is 13.7 Å². The number of carbonyl (C=O) groups excluding carboxylic acids is 1. The highest BCUT2D eigenvalue weighted by Crippen LogP contribution is 2.27. The first-order valence-corrected chi connectivity index (χ1v) is 6.28. The lowest BCUT2D eigenvalue weighted by molar-refractivity contribution is -0.385. The fourth-order valence-electron chi connectivity index (χ4n) is 1.72. The fourth-order valence-corrected chi connectivity index (χ4v) is 1.72. The van der Waals surface area contributed by atoms with Crippen molar-refractivity contribution in [2.45, 2.75) is 25.9 Å². The van der Waals surface area contributed by atoms with Gasteiger partial charge in [0.1, 0.15) is 0 Å². The number of benzene rings is 1. The summed E-state index contributed by atoms with van der Waals surface area (Å²) in [7, 11) is 1.30. The Morgan fingerprint density at radius 2 is 2.25 bits per heavy atom. The zero-order valence-electron chi connectivity index (χ0n) is 11.5. The van der Waals surface area contributed by atoms with E-state index in [1.54, 1.807) is 0 Å². The van der Waals surface area contributed by atoms with E-state index in [9.17, 15) is 20.0 Å². The molecular formula is C13H18N2O5. The number of methoxy groups -OCH3 is 1. The van der Waals surface area contributed by atoms with Crippen molar-refractivity contribution in [1.82, 2.24) is 5.32 Å². The maximum absolute atomic E-state index is 11.9. The summed E-state index contributed by atoms with van der Waals surface area (Å²) < 4.78 is 4.89. The summed E-state index contributed by atoms with van der Waals surface area (Å²) in [5.41, 5.74) is 0.0474. The first kappa shape index (κ1) is 15.9. The Hall–Kier alpha value is -2.15. The number of nitrogens with one attached hydrogen (secondary N) is 1. The van der Waals surface area contributed by atoms with Crippen molar-refractivity contribution in [3.63, 3.8) is 0 Å². The van der Waals surface area contributed by atoms with Crippen LogP contribution in [0.2, 0.25) is 0 Å². The van der Waals surface area contributed by atoms with Crippen molar-refractivity contribution >= 4 is 11.6 Å². The van der Waals surface area contributed by atoms with Crippen LogP contribution in [0.25, 0.3) is 0 Å². The van der Waals surface area contributed by atoms with Crippen molar-refractivity contribution in [2.24, 2.45) is 0 Å². The molecule has 1 aromatic carbocycles. The van der Waals surface area contributed by atoms with Crippen LogP contribution in [-0.2, 0) is 0 Å². The Labute approximate surface area is 116 Å². The number of amides is 1. The largest absolute Gasteiger partial charge is 0.490 e. The third-order valence-electron chi connectivity index (χ3n) is 2.76. The smallest absolute Gasteiger partial charge is 0.310 e. The van der Waals surface area contributed by atoms with Gasteiger partial charge >= 0.3 is 5.69 Å². The van der Waals surface area contributed by atoms with E-state index in [1.807, 2.05) is 6.92 Å². The van der Waals surface area contributed by atoms with Gasteiger partial charge < -0.3 is 15.2 Å². The quantitative estimate of drug-likeness (QED) is 0.582. The molecule has 0 saturated heterocycles. The van der Waals surface area contributed by atoms with Gasteiger partial charge in [-0.05, 0) is 12.5 Å². The minimum atomic E-state index is -0.594. The number of aliphatic hydroxyl groups is 1. The minimum Gasteiger partial charge on any atom is -0.490 e. The first-order chi connectivity index (χ1) is 9.49. The van der Waals surface area contributed by atoms with E-state index in [0.29, 0.717) is 6.42 Å². The van der Waals surface area contributed by atoms with Crippen LogP contribution in [0.5, 0.6) is 5.75 Å². The average molecular weight is 282 g/mol. The fraction of sp³-hybridized carbons (Fsp3) is 0.462. The summed E-state index contributed by atoms with van der Waals surface area (Å²) >= 11 is 0. The number of ether oxygens (including phenoxy) is 1. The topological polar surface area (TPSA) is 102 Å². The molecule has 2 N–H and O–H groups in total. The van der Waals surface area contributed by atoms with Crippen molar-refractivity contribution in [1.29, 1.82) is 0 Å². The van der Waals surface area contributed by atoms with Crippen LogP contribution in [0.4, 0.5) is 5.69 Å². The van der Waals surface area contributed by atoms with Gasteiger partial charge in [-0.15, -0.1) is 0 Å².